The molecule has 1 N–H and O–H groups in total. The van der Waals surface area contributed by atoms with Crippen LogP contribution in [0.3, 0.4) is 0 Å². The molecule has 1 aliphatic rings. The lowest BCUT2D eigenvalue weighted by molar-refractivity contribution is 0.540. The maximum absolute atomic E-state index is 4.49. The van der Waals surface area contributed by atoms with Crippen LogP contribution in [-0.4, -0.2) is 18.9 Å². The number of nitrogens with zero attached hydrogens (tertiary/aromatic N) is 1. The van der Waals surface area contributed by atoms with Gasteiger partial charge in [0.1, 0.15) is 0 Å². The van der Waals surface area contributed by atoms with Gasteiger partial charge in [-0.1, -0.05) is 65.2 Å². The van der Waals surface area contributed by atoms with Gasteiger partial charge in [0, 0.05) is 12.5 Å². The van der Waals surface area contributed by atoms with Gasteiger partial charge in [-0.25, -0.2) is 0 Å². The smallest absolute Gasteiger partial charge is 0.0993 e. The van der Waals surface area contributed by atoms with Crippen molar-refractivity contribution in [3.63, 3.8) is 0 Å². The molecule has 1 atom stereocenters. The van der Waals surface area contributed by atoms with Crippen LogP contribution >= 0.6 is 0 Å². The molecule has 1 heterocycles. The van der Waals surface area contributed by atoms with Crippen LogP contribution in [0, 0.1) is 5.92 Å². The van der Waals surface area contributed by atoms with E-state index in [0.717, 1.165) is 13.1 Å². The van der Waals surface area contributed by atoms with E-state index < -0.39 is 0 Å². The zero-order chi connectivity index (χ0) is 12.3. The first kappa shape index (κ1) is 14.5. The van der Waals surface area contributed by atoms with E-state index in [2.05, 4.69) is 24.2 Å². The number of nitrogens with one attached hydrogen (secondary N) is 1. The van der Waals surface area contributed by atoms with E-state index in [0.29, 0.717) is 5.92 Å². The molecule has 2 heteroatoms. The van der Waals surface area contributed by atoms with Crippen LogP contribution in [0.4, 0.5) is 0 Å². The molecule has 0 saturated carbocycles. The van der Waals surface area contributed by atoms with Crippen molar-refractivity contribution < 1.29 is 0 Å². The predicted molar refractivity (Wildman–Crippen MR) is 76.7 cm³/mol. The summed E-state index contributed by atoms with van der Waals surface area (Å²) in [6.07, 6.45) is 12.6. The number of aliphatic imine (C=N–C) groups is 1. The SMILES string of the molecule is CCCCCCCCCCC(C)C1=NCCN1. The highest BCUT2D eigenvalue weighted by atomic mass is 15.1. The van der Waals surface area contributed by atoms with E-state index in [1.54, 1.807) is 0 Å². The minimum Gasteiger partial charge on any atom is -0.372 e. The molecule has 0 aromatic carbocycles. The molecule has 2 nitrogen and oxygen atoms in total. The van der Waals surface area contributed by atoms with Gasteiger partial charge in [0.2, 0.25) is 0 Å². The molecule has 0 spiro atoms. The summed E-state index contributed by atoms with van der Waals surface area (Å²) in [7, 11) is 0. The van der Waals surface area contributed by atoms with Crippen LogP contribution in [0.2, 0.25) is 0 Å². The number of hydrogen-bond donors (Lipinski definition) is 1. The van der Waals surface area contributed by atoms with Gasteiger partial charge in [-0.05, 0) is 6.42 Å². The Labute approximate surface area is 107 Å². The van der Waals surface area contributed by atoms with E-state index in [-0.39, 0.29) is 0 Å². The van der Waals surface area contributed by atoms with Crippen LogP contribution in [0.5, 0.6) is 0 Å². The highest BCUT2D eigenvalue weighted by Crippen LogP contribution is 2.14. The third-order valence-electron chi connectivity index (χ3n) is 3.66. The second kappa shape index (κ2) is 9.49. The normalized spacial score (nSPS) is 16.7. The Morgan fingerprint density at radius 2 is 1.71 bits per heavy atom. The molecule has 0 fully saturated rings. The maximum Gasteiger partial charge on any atom is 0.0993 e. The van der Waals surface area contributed by atoms with Gasteiger partial charge < -0.3 is 5.32 Å². The number of rotatable bonds is 10. The summed E-state index contributed by atoms with van der Waals surface area (Å²) in [5, 5.41) is 3.38. The molecule has 100 valence electrons. The lowest BCUT2D eigenvalue weighted by atomic mass is 10.0. The summed E-state index contributed by atoms with van der Waals surface area (Å²) in [6, 6.07) is 0. The first-order valence-corrected chi connectivity index (χ1v) is 7.62. The largest absolute Gasteiger partial charge is 0.372 e. The highest BCUT2D eigenvalue weighted by molar-refractivity contribution is 5.85. The molecular formula is C15H30N2. The third kappa shape index (κ3) is 6.70. The van der Waals surface area contributed by atoms with Gasteiger partial charge in [0.15, 0.2) is 0 Å². The lowest BCUT2D eigenvalue weighted by Gasteiger charge is -2.11. The summed E-state index contributed by atoms with van der Waals surface area (Å²) in [6.45, 7) is 6.62. The quantitative estimate of drug-likeness (QED) is 0.568. The second-order valence-electron chi connectivity index (χ2n) is 5.36. The summed E-state index contributed by atoms with van der Waals surface area (Å²) in [5.41, 5.74) is 0. The molecule has 0 saturated heterocycles. The average Bonchev–Trinajstić information content (AvgIpc) is 2.86. The van der Waals surface area contributed by atoms with E-state index in [9.17, 15) is 0 Å². The number of hydrogen-bond acceptors (Lipinski definition) is 2. The average molecular weight is 238 g/mol. The number of unbranched alkanes of at least 4 members (excludes halogenated alkanes) is 7. The monoisotopic (exact) mass is 238 g/mol. The zero-order valence-corrected chi connectivity index (χ0v) is 11.8. The Kier molecular flexibility index (Phi) is 8.12. The van der Waals surface area contributed by atoms with Crippen molar-refractivity contribution in [3.05, 3.63) is 0 Å². The molecule has 0 bridgehead atoms. The van der Waals surface area contributed by atoms with Gasteiger partial charge in [-0.2, -0.15) is 0 Å². The van der Waals surface area contributed by atoms with Crippen LogP contribution in [0.25, 0.3) is 0 Å². The van der Waals surface area contributed by atoms with Gasteiger partial charge in [0.05, 0.1) is 12.4 Å². The van der Waals surface area contributed by atoms with Gasteiger partial charge in [-0.3, -0.25) is 4.99 Å². The van der Waals surface area contributed by atoms with Crippen molar-refractivity contribution in [1.82, 2.24) is 5.32 Å². The van der Waals surface area contributed by atoms with E-state index in [4.69, 9.17) is 0 Å². The van der Waals surface area contributed by atoms with Crippen LogP contribution in [0.1, 0.15) is 71.6 Å². The minimum absolute atomic E-state index is 0.651. The topological polar surface area (TPSA) is 24.4 Å². The van der Waals surface area contributed by atoms with Crippen LogP contribution in [-0.2, 0) is 0 Å². The molecular weight excluding hydrogens is 208 g/mol. The zero-order valence-electron chi connectivity index (χ0n) is 11.8. The molecule has 0 aromatic rings. The Morgan fingerprint density at radius 3 is 2.29 bits per heavy atom. The molecule has 0 aromatic heterocycles. The fourth-order valence-electron chi connectivity index (χ4n) is 2.47. The third-order valence-corrected chi connectivity index (χ3v) is 3.66. The predicted octanol–water partition coefficient (Wildman–Crippen LogP) is 4.16. The second-order valence-corrected chi connectivity index (χ2v) is 5.36. The summed E-state index contributed by atoms with van der Waals surface area (Å²) < 4.78 is 0. The molecule has 0 radical (unpaired) electrons. The van der Waals surface area contributed by atoms with Gasteiger partial charge in [-0.15, -0.1) is 0 Å². The molecule has 1 unspecified atom stereocenters. The summed E-state index contributed by atoms with van der Waals surface area (Å²) in [4.78, 5) is 4.49. The molecule has 17 heavy (non-hydrogen) atoms. The Morgan fingerprint density at radius 1 is 1.06 bits per heavy atom. The first-order chi connectivity index (χ1) is 8.34. The van der Waals surface area contributed by atoms with E-state index in [1.807, 2.05) is 0 Å². The Bertz CT molecular complexity index is 211. The highest BCUT2D eigenvalue weighted by Gasteiger charge is 2.12. The molecule has 1 aliphatic heterocycles. The molecule has 1 rings (SSSR count). The van der Waals surface area contributed by atoms with Gasteiger partial charge >= 0.3 is 0 Å². The fraction of sp³-hybridized carbons (Fsp3) is 0.933. The lowest BCUT2D eigenvalue weighted by Crippen LogP contribution is -2.25. The van der Waals surface area contributed by atoms with Crippen molar-refractivity contribution in [2.45, 2.75) is 71.6 Å². The van der Waals surface area contributed by atoms with Gasteiger partial charge in [0.25, 0.3) is 0 Å². The van der Waals surface area contributed by atoms with Crippen LogP contribution < -0.4 is 5.32 Å². The standard InChI is InChI=1S/C15H30N2/c1-3-4-5-6-7-8-9-10-11-14(2)15-16-12-13-17-15/h14H,3-13H2,1-2H3,(H,16,17). The molecule has 0 aliphatic carbocycles. The van der Waals surface area contributed by atoms with Crippen molar-refractivity contribution in [2.24, 2.45) is 10.9 Å². The Hall–Kier alpha value is -0.530. The number of amidine groups is 1. The minimum atomic E-state index is 0.651. The van der Waals surface area contributed by atoms with Crippen molar-refractivity contribution in [2.75, 3.05) is 13.1 Å². The van der Waals surface area contributed by atoms with Crippen molar-refractivity contribution >= 4 is 5.84 Å². The van der Waals surface area contributed by atoms with Crippen molar-refractivity contribution in [1.29, 1.82) is 0 Å². The summed E-state index contributed by atoms with van der Waals surface area (Å²) >= 11 is 0. The summed E-state index contributed by atoms with van der Waals surface area (Å²) in [5.74, 6) is 1.91. The molecule has 0 amide bonds. The van der Waals surface area contributed by atoms with Crippen LogP contribution in [0.15, 0.2) is 4.99 Å². The maximum atomic E-state index is 4.49. The van der Waals surface area contributed by atoms with Crippen molar-refractivity contribution in [3.8, 4) is 0 Å². The fourth-order valence-corrected chi connectivity index (χ4v) is 2.47. The first-order valence-electron chi connectivity index (χ1n) is 7.62. The Balaban J connectivity index is 1.86. The van der Waals surface area contributed by atoms with E-state index in [1.165, 1.54) is 63.6 Å². The van der Waals surface area contributed by atoms with E-state index >= 15 is 0 Å².